The van der Waals surface area contributed by atoms with Gasteiger partial charge >= 0.3 is 5.69 Å². The van der Waals surface area contributed by atoms with E-state index in [1.807, 2.05) is 12.1 Å². The van der Waals surface area contributed by atoms with Crippen molar-refractivity contribution in [1.29, 1.82) is 0 Å². The molecule has 0 fully saturated rings. The first-order valence-corrected chi connectivity index (χ1v) is 5.12. The molecule has 0 aliphatic rings. The zero-order chi connectivity index (χ0) is 11.7. The molecule has 1 aromatic carbocycles. The van der Waals surface area contributed by atoms with Crippen LogP contribution in [-0.2, 0) is 7.05 Å². The molecule has 1 aromatic heterocycles. The second kappa shape index (κ2) is 4.02. The van der Waals surface area contributed by atoms with Crippen molar-refractivity contribution in [2.75, 3.05) is 0 Å². The summed E-state index contributed by atoms with van der Waals surface area (Å²) in [6, 6.07) is 7.21. The van der Waals surface area contributed by atoms with E-state index >= 15 is 0 Å². The summed E-state index contributed by atoms with van der Waals surface area (Å²) in [6.07, 6.45) is 1.52. The van der Waals surface area contributed by atoms with Gasteiger partial charge in [-0.1, -0.05) is 12.1 Å². The Kier molecular flexibility index (Phi) is 2.70. The fourth-order valence-electron chi connectivity index (χ4n) is 1.44. The Hall–Kier alpha value is -1.75. The molecule has 2 aromatic rings. The molecule has 0 atom stereocenters. The van der Waals surface area contributed by atoms with Crippen LogP contribution >= 0.6 is 12.6 Å². The van der Waals surface area contributed by atoms with Crippen LogP contribution in [0.4, 0.5) is 0 Å². The van der Waals surface area contributed by atoms with Gasteiger partial charge in [0.2, 0.25) is 0 Å². The number of rotatable bonds is 1. The predicted molar refractivity (Wildman–Crippen MR) is 65.0 cm³/mol. The lowest BCUT2D eigenvalue weighted by Crippen LogP contribution is -2.28. The van der Waals surface area contributed by atoms with Crippen molar-refractivity contribution < 1.29 is 0 Å². The van der Waals surface area contributed by atoms with E-state index in [-0.39, 0.29) is 5.56 Å². The van der Waals surface area contributed by atoms with E-state index in [0.717, 1.165) is 10.5 Å². The van der Waals surface area contributed by atoms with Gasteiger partial charge in [0, 0.05) is 18.1 Å². The van der Waals surface area contributed by atoms with Gasteiger partial charge in [-0.05, 0) is 17.7 Å². The highest BCUT2D eigenvalue weighted by Gasteiger charge is 2.05. The summed E-state index contributed by atoms with van der Waals surface area (Å²) in [4.78, 5) is 25.8. The number of benzene rings is 1. The lowest BCUT2D eigenvalue weighted by molar-refractivity contribution is 0.802. The third-order valence-electron chi connectivity index (χ3n) is 2.27. The Morgan fingerprint density at radius 1 is 1.31 bits per heavy atom. The third-order valence-corrected chi connectivity index (χ3v) is 2.54. The SMILES string of the molecule is Cn1cc(-c2cccc(S)c2)c(=O)[nH]c1=O. The normalized spacial score (nSPS) is 10.4. The van der Waals surface area contributed by atoms with Gasteiger partial charge in [0.05, 0.1) is 5.56 Å². The van der Waals surface area contributed by atoms with Gasteiger partial charge in [-0.3, -0.25) is 9.78 Å². The number of hydrogen-bond donors (Lipinski definition) is 2. The summed E-state index contributed by atoms with van der Waals surface area (Å²) in [6.45, 7) is 0. The first kappa shape index (κ1) is 10.8. The van der Waals surface area contributed by atoms with Crippen LogP contribution in [0.25, 0.3) is 11.1 Å². The zero-order valence-corrected chi connectivity index (χ0v) is 9.49. The number of nitrogens with one attached hydrogen (secondary N) is 1. The molecule has 0 aliphatic heterocycles. The second-order valence-corrected chi connectivity index (χ2v) is 3.98. The van der Waals surface area contributed by atoms with Crippen molar-refractivity contribution in [1.82, 2.24) is 9.55 Å². The number of aromatic amines is 1. The minimum absolute atomic E-state index is 0.387. The molecule has 0 saturated heterocycles. The van der Waals surface area contributed by atoms with Crippen LogP contribution < -0.4 is 11.2 Å². The van der Waals surface area contributed by atoms with Gasteiger partial charge in [-0.15, -0.1) is 12.6 Å². The molecule has 1 N–H and O–H groups in total. The molecule has 82 valence electrons. The average molecular weight is 234 g/mol. The molecular formula is C11H10N2O2S. The van der Waals surface area contributed by atoms with Crippen LogP contribution in [0.5, 0.6) is 0 Å². The lowest BCUT2D eigenvalue weighted by atomic mass is 10.1. The average Bonchev–Trinajstić information content (AvgIpc) is 2.23. The molecular weight excluding hydrogens is 224 g/mol. The summed E-state index contributed by atoms with van der Waals surface area (Å²) in [5.74, 6) is 0. The fourth-order valence-corrected chi connectivity index (χ4v) is 1.67. The van der Waals surface area contributed by atoms with E-state index in [0.29, 0.717) is 5.56 Å². The minimum Gasteiger partial charge on any atom is -0.303 e. The van der Waals surface area contributed by atoms with Gasteiger partial charge < -0.3 is 4.57 Å². The first-order chi connectivity index (χ1) is 7.58. The number of aryl methyl sites for hydroxylation is 1. The second-order valence-electron chi connectivity index (χ2n) is 3.46. The van der Waals surface area contributed by atoms with E-state index in [1.165, 1.54) is 10.8 Å². The maximum Gasteiger partial charge on any atom is 0.328 e. The fraction of sp³-hybridized carbons (Fsp3) is 0.0909. The molecule has 0 amide bonds. The number of aromatic nitrogens is 2. The number of hydrogen-bond acceptors (Lipinski definition) is 3. The molecule has 4 nitrogen and oxygen atoms in total. The van der Waals surface area contributed by atoms with Crippen molar-refractivity contribution in [3.63, 3.8) is 0 Å². The molecule has 16 heavy (non-hydrogen) atoms. The summed E-state index contributed by atoms with van der Waals surface area (Å²) in [5.41, 5.74) is 0.389. The van der Waals surface area contributed by atoms with E-state index in [9.17, 15) is 9.59 Å². The van der Waals surface area contributed by atoms with Crippen molar-refractivity contribution in [3.05, 3.63) is 51.3 Å². The molecule has 0 saturated carbocycles. The zero-order valence-electron chi connectivity index (χ0n) is 8.60. The van der Waals surface area contributed by atoms with Crippen LogP contribution in [0.15, 0.2) is 44.9 Å². The third kappa shape index (κ3) is 1.94. The molecule has 0 aliphatic carbocycles. The summed E-state index contributed by atoms with van der Waals surface area (Å²) >= 11 is 4.20. The summed E-state index contributed by atoms with van der Waals surface area (Å²) in [5, 5.41) is 0. The van der Waals surface area contributed by atoms with Gasteiger partial charge in [0.15, 0.2) is 0 Å². The number of thiol groups is 1. The van der Waals surface area contributed by atoms with Gasteiger partial charge in [-0.2, -0.15) is 0 Å². The van der Waals surface area contributed by atoms with Crippen molar-refractivity contribution in [3.8, 4) is 11.1 Å². The molecule has 2 rings (SSSR count). The highest BCUT2D eigenvalue weighted by molar-refractivity contribution is 7.80. The first-order valence-electron chi connectivity index (χ1n) is 4.67. The lowest BCUT2D eigenvalue weighted by Gasteiger charge is -2.03. The topological polar surface area (TPSA) is 54.9 Å². The van der Waals surface area contributed by atoms with E-state index in [4.69, 9.17) is 0 Å². The van der Waals surface area contributed by atoms with Crippen LogP contribution in [0.3, 0.4) is 0 Å². The Morgan fingerprint density at radius 3 is 2.75 bits per heavy atom. The predicted octanol–water partition coefficient (Wildman–Crippen LogP) is 1.03. The highest BCUT2D eigenvalue weighted by Crippen LogP contribution is 2.17. The maximum absolute atomic E-state index is 11.6. The van der Waals surface area contributed by atoms with E-state index in [2.05, 4.69) is 17.6 Å². The quantitative estimate of drug-likeness (QED) is 0.724. The number of nitrogens with zero attached hydrogens (tertiary/aromatic N) is 1. The van der Waals surface area contributed by atoms with Crippen LogP contribution in [-0.4, -0.2) is 9.55 Å². The highest BCUT2D eigenvalue weighted by atomic mass is 32.1. The number of H-pyrrole nitrogens is 1. The molecule has 0 radical (unpaired) electrons. The molecule has 0 bridgehead atoms. The molecule has 5 heteroatoms. The molecule has 0 unspecified atom stereocenters. The van der Waals surface area contributed by atoms with Crippen LogP contribution in [0.2, 0.25) is 0 Å². The standard InChI is InChI=1S/C11H10N2O2S/c1-13-6-9(10(14)12-11(13)15)7-3-2-4-8(16)5-7/h2-6,16H,1H3,(H,12,14,15). The van der Waals surface area contributed by atoms with Crippen molar-refractivity contribution >= 4 is 12.6 Å². The molecule has 0 spiro atoms. The van der Waals surface area contributed by atoms with Crippen molar-refractivity contribution in [2.24, 2.45) is 7.05 Å². The van der Waals surface area contributed by atoms with Gasteiger partial charge in [-0.25, -0.2) is 4.79 Å². The Morgan fingerprint density at radius 2 is 2.06 bits per heavy atom. The van der Waals surface area contributed by atoms with E-state index in [1.54, 1.807) is 19.2 Å². The summed E-state index contributed by atoms with van der Waals surface area (Å²) in [7, 11) is 1.59. The van der Waals surface area contributed by atoms with Crippen LogP contribution in [0.1, 0.15) is 0 Å². The van der Waals surface area contributed by atoms with Gasteiger partial charge in [0.25, 0.3) is 5.56 Å². The van der Waals surface area contributed by atoms with Gasteiger partial charge in [0.1, 0.15) is 0 Å². The molecule has 1 heterocycles. The monoisotopic (exact) mass is 234 g/mol. The Labute approximate surface area is 97.0 Å². The van der Waals surface area contributed by atoms with Crippen molar-refractivity contribution in [2.45, 2.75) is 4.90 Å². The Balaban J connectivity index is 2.70. The smallest absolute Gasteiger partial charge is 0.303 e. The van der Waals surface area contributed by atoms with E-state index < -0.39 is 5.69 Å². The Bertz CT molecular complexity index is 643. The largest absolute Gasteiger partial charge is 0.328 e. The van der Waals surface area contributed by atoms with Crippen LogP contribution in [0, 0.1) is 0 Å². The maximum atomic E-state index is 11.6. The summed E-state index contributed by atoms with van der Waals surface area (Å²) < 4.78 is 1.34. The minimum atomic E-state index is -0.421.